The zero-order valence-corrected chi connectivity index (χ0v) is 16.7. The zero-order chi connectivity index (χ0) is 19.7. The molecule has 0 saturated carbocycles. The van der Waals surface area contributed by atoms with Crippen molar-refractivity contribution in [3.8, 4) is 0 Å². The largest absolute Gasteiger partial charge is 0.348 e. The van der Waals surface area contributed by atoms with Gasteiger partial charge in [0.1, 0.15) is 0 Å². The summed E-state index contributed by atoms with van der Waals surface area (Å²) in [4.78, 5) is 37.7. The van der Waals surface area contributed by atoms with E-state index in [1.165, 1.54) is 0 Å². The Morgan fingerprint density at radius 3 is 2.61 bits per heavy atom. The van der Waals surface area contributed by atoms with E-state index in [0.29, 0.717) is 26.1 Å². The zero-order valence-electron chi connectivity index (χ0n) is 16.7. The number of nitrogens with zero attached hydrogens (tertiary/aromatic N) is 3. The molecule has 2 aliphatic rings. The van der Waals surface area contributed by atoms with Crippen LogP contribution in [0.1, 0.15) is 60.4 Å². The molecule has 0 radical (unpaired) electrons. The number of imidazole rings is 1. The van der Waals surface area contributed by atoms with Crippen molar-refractivity contribution < 1.29 is 9.59 Å². The normalized spacial score (nSPS) is 18.2. The van der Waals surface area contributed by atoms with Gasteiger partial charge in [-0.05, 0) is 30.9 Å². The maximum atomic E-state index is 13.1. The first kappa shape index (κ1) is 18.7. The number of rotatable bonds is 3. The third kappa shape index (κ3) is 2.91. The Morgan fingerprint density at radius 2 is 1.89 bits per heavy atom. The van der Waals surface area contributed by atoms with Crippen LogP contribution >= 0.6 is 0 Å². The molecule has 1 saturated heterocycles. The number of nitrogens with one attached hydrogen (secondary N) is 1. The highest BCUT2D eigenvalue weighted by atomic mass is 16.2. The van der Waals surface area contributed by atoms with Gasteiger partial charge in [-0.2, -0.15) is 0 Å². The molecule has 1 fully saturated rings. The van der Waals surface area contributed by atoms with E-state index in [0.717, 1.165) is 48.2 Å². The van der Waals surface area contributed by atoms with Crippen LogP contribution in [0.3, 0.4) is 0 Å². The first-order valence-corrected chi connectivity index (χ1v) is 10.3. The fraction of sp³-hybridized carbons (Fsp3) is 0.500. The van der Waals surface area contributed by atoms with E-state index in [2.05, 4.69) is 16.9 Å². The third-order valence-electron chi connectivity index (χ3n) is 6.37. The molecule has 0 aliphatic carbocycles. The topological polar surface area (TPSA) is 69.3 Å². The summed E-state index contributed by atoms with van der Waals surface area (Å²) >= 11 is 0. The summed E-state index contributed by atoms with van der Waals surface area (Å²) in [5.41, 5.74) is 3.63. The van der Waals surface area contributed by atoms with Gasteiger partial charge < -0.3 is 14.8 Å². The monoisotopic (exact) mass is 380 g/mol. The van der Waals surface area contributed by atoms with Crippen molar-refractivity contribution in [3.05, 3.63) is 53.1 Å². The summed E-state index contributed by atoms with van der Waals surface area (Å²) in [6, 6.07) is 7.86. The van der Waals surface area contributed by atoms with Gasteiger partial charge in [-0.15, -0.1) is 0 Å². The number of fused-ring (bicyclic) bond motifs is 2. The Labute approximate surface area is 165 Å². The number of aromatic nitrogens is 2. The van der Waals surface area contributed by atoms with Gasteiger partial charge in [0, 0.05) is 43.7 Å². The minimum absolute atomic E-state index is 0.0960. The summed E-state index contributed by atoms with van der Waals surface area (Å²) in [6.45, 7) is 5.98. The van der Waals surface area contributed by atoms with E-state index in [9.17, 15) is 9.59 Å². The van der Waals surface area contributed by atoms with Crippen LogP contribution in [0, 0.1) is 0 Å². The fourth-order valence-electron chi connectivity index (χ4n) is 4.83. The number of benzene rings is 1. The summed E-state index contributed by atoms with van der Waals surface area (Å²) in [6.07, 6.45) is 5.35. The number of aryl methyl sites for hydroxylation is 1. The van der Waals surface area contributed by atoms with Crippen molar-refractivity contribution >= 4 is 11.8 Å². The average molecular weight is 380 g/mol. The highest BCUT2D eigenvalue weighted by Crippen LogP contribution is 2.42. The molecule has 1 aromatic heterocycles. The lowest BCUT2D eigenvalue weighted by Gasteiger charge is -2.50. The summed E-state index contributed by atoms with van der Waals surface area (Å²) in [5, 5.41) is 0. The molecule has 2 amide bonds. The van der Waals surface area contributed by atoms with Crippen molar-refractivity contribution in [2.45, 2.75) is 51.5 Å². The molecule has 6 heteroatoms. The third-order valence-corrected chi connectivity index (χ3v) is 6.37. The number of piperidine rings is 1. The van der Waals surface area contributed by atoms with E-state index in [1.54, 1.807) is 6.33 Å². The number of hydrogen-bond acceptors (Lipinski definition) is 3. The standard InChI is InChI=1S/C22H28N4O2/c1-3-16-7-5-6-8-17(16)21(28)25-13-10-22(11-14-25)20-18(23-15-24-20)9-12-26(22)19(27)4-2/h5-8,15H,3-4,9-14H2,1-2H3,(H,23,24). The van der Waals surface area contributed by atoms with Gasteiger partial charge in [-0.1, -0.05) is 32.0 Å². The Morgan fingerprint density at radius 1 is 1.14 bits per heavy atom. The molecule has 4 rings (SSSR count). The van der Waals surface area contributed by atoms with Gasteiger partial charge >= 0.3 is 0 Å². The van der Waals surface area contributed by atoms with Crippen LogP contribution in [-0.2, 0) is 23.2 Å². The highest BCUT2D eigenvalue weighted by Gasteiger charge is 2.48. The molecule has 2 aromatic rings. The molecule has 3 heterocycles. The maximum Gasteiger partial charge on any atom is 0.254 e. The molecule has 0 bridgehead atoms. The predicted octanol–water partition coefficient (Wildman–Crippen LogP) is 2.90. The second-order valence-corrected chi connectivity index (χ2v) is 7.71. The molecule has 28 heavy (non-hydrogen) atoms. The van der Waals surface area contributed by atoms with Crippen molar-refractivity contribution in [1.29, 1.82) is 0 Å². The molecular formula is C22H28N4O2. The highest BCUT2D eigenvalue weighted by molar-refractivity contribution is 5.95. The van der Waals surface area contributed by atoms with E-state index in [4.69, 9.17) is 0 Å². The SMILES string of the molecule is CCC(=O)N1CCc2[nH]cnc2C12CCN(C(=O)c1ccccc1CC)CC2. The first-order valence-electron chi connectivity index (χ1n) is 10.3. The first-order chi connectivity index (χ1) is 13.6. The van der Waals surface area contributed by atoms with Gasteiger partial charge in [0.25, 0.3) is 5.91 Å². The second-order valence-electron chi connectivity index (χ2n) is 7.71. The van der Waals surface area contributed by atoms with Crippen molar-refractivity contribution in [2.24, 2.45) is 0 Å². The van der Waals surface area contributed by atoms with Crippen LogP contribution in [0.25, 0.3) is 0 Å². The van der Waals surface area contributed by atoms with Crippen LogP contribution in [0.5, 0.6) is 0 Å². The lowest BCUT2D eigenvalue weighted by molar-refractivity contribution is -0.141. The average Bonchev–Trinajstić information content (AvgIpc) is 3.23. The van der Waals surface area contributed by atoms with Crippen LogP contribution in [0.2, 0.25) is 0 Å². The Bertz CT molecular complexity index is 880. The van der Waals surface area contributed by atoms with Crippen molar-refractivity contribution in [3.63, 3.8) is 0 Å². The summed E-state index contributed by atoms with van der Waals surface area (Å²) in [7, 11) is 0. The maximum absolute atomic E-state index is 13.1. The van der Waals surface area contributed by atoms with Crippen molar-refractivity contribution in [1.82, 2.24) is 19.8 Å². The molecule has 148 valence electrons. The lowest BCUT2D eigenvalue weighted by atomic mass is 9.78. The number of H-pyrrole nitrogens is 1. The summed E-state index contributed by atoms with van der Waals surface area (Å²) < 4.78 is 0. The molecule has 2 aliphatic heterocycles. The van der Waals surface area contributed by atoms with Gasteiger partial charge in [0.15, 0.2) is 0 Å². The smallest absolute Gasteiger partial charge is 0.254 e. The molecule has 0 unspecified atom stereocenters. The quantitative estimate of drug-likeness (QED) is 0.890. The molecule has 6 nitrogen and oxygen atoms in total. The Kier molecular flexibility index (Phi) is 4.96. The van der Waals surface area contributed by atoms with Gasteiger partial charge in [-0.25, -0.2) is 4.98 Å². The van der Waals surface area contributed by atoms with Gasteiger partial charge in [0.05, 0.1) is 17.6 Å². The molecule has 1 N–H and O–H groups in total. The van der Waals surface area contributed by atoms with Crippen LogP contribution in [-0.4, -0.2) is 51.2 Å². The van der Waals surface area contributed by atoms with Crippen LogP contribution in [0.15, 0.2) is 30.6 Å². The van der Waals surface area contributed by atoms with E-state index in [-0.39, 0.29) is 17.4 Å². The Hall–Kier alpha value is -2.63. The lowest BCUT2D eigenvalue weighted by Crippen LogP contribution is -2.58. The predicted molar refractivity (Wildman–Crippen MR) is 107 cm³/mol. The van der Waals surface area contributed by atoms with E-state index in [1.807, 2.05) is 41.0 Å². The van der Waals surface area contributed by atoms with Gasteiger partial charge in [-0.3, -0.25) is 9.59 Å². The molecule has 1 aromatic carbocycles. The summed E-state index contributed by atoms with van der Waals surface area (Å²) in [5.74, 6) is 0.267. The number of likely N-dealkylation sites (tertiary alicyclic amines) is 1. The fourth-order valence-corrected chi connectivity index (χ4v) is 4.83. The van der Waals surface area contributed by atoms with E-state index >= 15 is 0 Å². The van der Waals surface area contributed by atoms with Crippen molar-refractivity contribution in [2.75, 3.05) is 19.6 Å². The van der Waals surface area contributed by atoms with E-state index < -0.39 is 0 Å². The number of hydrogen-bond donors (Lipinski definition) is 1. The van der Waals surface area contributed by atoms with Crippen LogP contribution in [0.4, 0.5) is 0 Å². The number of carbonyl (C=O) groups is 2. The minimum atomic E-state index is -0.387. The molecule has 0 atom stereocenters. The second kappa shape index (κ2) is 7.41. The molecular weight excluding hydrogens is 352 g/mol. The van der Waals surface area contributed by atoms with Crippen LogP contribution < -0.4 is 0 Å². The number of amides is 2. The minimum Gasteiger partial charge on any atom is -0.348 e. The number of carbonyl (C=O) groups excluding carboxylic acids is 2. The Balaban J connectivity index is 1.60. The molecule has 1 spiro atoms. The van der Waals surface area contributed by atoms with Gasteiger partial charge in [0.2, 0.25) is 5.91 Å². The number of aromatic amines is 1.